The molecular weight excluding hydrogens is 230 g/mol. The van der Waals surface area contributed by atoms with Crippen molar-refractivity contribution in [2.75, 3.05) is 5.32 Å². The van der Waals surface area contributed by atoms with Crippen molar-refractivity contribution in [2.24, 2.45) is 0 Å². The summed E-state index contributed by atoms with van der Waals surface area (Å²) in [6.45, 7) is 0.666. The van der Waals surface area contributed by atoms with Crippen LogP contribution in [0, 0.1) is 0 Å². The summed E-state index contributed by atoms with van der Waals surface area (Å²) in [5, 5.41) is 4.14. The molecule has 0 atom stereocenters. The number of anilines is 1. The molecule has 1 aromatic carbocycles. The fourth-order valence-electron chi connectivity index (χ4n) is 1.77. The van der Waals surface area contributed by atoms with Crippen LogP contribution in [0.3, 0.4) is 0 Å². The standard InChI is InChI=1S/C14H11NO3/c16-14-4-2-11-1-3-12(7-13(11)18-14)15-8-10-5-6-17-9-10/h1-7,9,15H,8H2. The maximum Gasteiger partial charge on any atom is 0.336 e. The number of hydrogen-bond acceptors (Lipinski definition) is 4. The van der Waals surface area contributed by atoms with E-state index >= 15 is 0 Å². The Bertz CT molecular complexity index is 713. The first kappa shape index (κ1) is 10.7. The molecule has 3 aromatic rings. The molecule has 0 aliphatic rings. The van der Waals surface area contributed by atoms with Crippen LogP contribution in [-0.4, -0.2) is 0 Å². The van der Waals surface area contributed by atoms with E-state index in [1.807, 2.05) is 24.3 Å². The minimum atomic E-state index is -0.338. The van der Waals surface area contributed by atoms with Crippen molar-refractivity contribution in [3.8, 4) is 0 Å². The van der Waals surface area contributed by atoms with Crippen LogP contribution in [0.25, 0.3) is 11.0 Å². The Labute approximate surface area is 103 Å². The molecule has 0 saturated heterocycles. The van der Waals surface area contributed by atoms with Gasteiger partial charge in [0, 0.05) is 35.3 Å². The van der Waals surface area contributed by atoms with Crippen molar-refractivity contribution in [1.82, 2.24) is 0 Å². The zero-order valence-corrected chi connectivity index (χ0v) is 9.55. The summed E-state index contributed by atoms with van der Waals surface area (Å²) in [6, 6.07) is 10.7. The van der Waals surface area contributed by atoms with Gasteiger partial charge in [-0.05, 0) is 24.3 Å². The molecule has 0 spiro atoms. The summed E-state index contributed by atoms with van der Waals surface area (Å²) >= 11 is 0. The van der Waals surface area contributed by atoms with Gasteiger partial charge in [0.2, 0.25) is 0 Å². The lowest BCUT2D eigenvalue weighted by atomic mass is 10.2. The van der Waals surface area contributed by atoms with Gasteiger partial charge < -0.3 is 14.2 Å². The van der Waals surface area contributed by atoms with E-state index in [0.29, 0.717) is 12.1 Å². The highest BCUT2D eigenvalue weighted by atomic mass is 16.4. The van der Waals surface area contributed by atoms with E-state index in [2.05, 4.69) is 5.32 Å². The maximum atomic E-state index is 11.1. The van der Waals surface area contributed by atoms with Crippen molar-refractivity contribution in [3.05, 3.63) is 64.9 Å². The van der Waals surface area contributed by atoms with E-state index < -0.39 is 0 Å². The summed E-state index contributed by atoms with van der Waals surface area (Å²) in [4.78, 5) is 11.1. The summed E-state index contributed by atoms with van der Waals surface area (Å²) in [7, 11) is 0. The molecule has 18 heavy (non-hydrogen) atoms. The lowest BCUT2D eigenvalue weighted by molar-refractivity contribution is 0.561. The van der Waals surface area contributed by atoms with Gasteiger partial charge in [-0.2, -0.15) is 0 Å². The summed E-state index contributed by atoms with van der Waals surface area (Å²) < 4.78 is 10.1. The van der Waals surface area contributed by atoms with Crippen LogP contribution in [0.1, 0.15) is 5.56 Å². The van der Waals surface area contributed by atoms with Gasteiger partial charge in [0.05, 0.1) is 12.5 Å². The number of furan rings is 1. The molecule has 0 amide bonds. The molecule has 0 bridgehead atoms. The molecule has 4 heteroatoms. The van der Waals surface area contributed by atoms with E-state index in [1.54, 1.807) is 18.6 Å². The second-order valence-electron chi connectivity index (χ2n) is 3.99. The fraction of sp³-hybridized carbons (Fsp3) is 0.0714. The monoisotopic (exact) mass is 241 g/mol. The highest BCUT2D eigenvalue weighted by molar-refractivity contribution is 5.80. The third kappa shape index (κ3) is 2.13. The minimum Gasteiger partial charge on any atom is -0.472 e. The Balaban J connectivity index is 1.86. The topological polar surface area (TPSA) is 55.4 Å². The number of rotatable bonds is 3. The van der Waals surface area contributed by atoms with E-state index in [0.717, 1.165) is 16.6 Å². The quantitative estimate of drug-likeness (QED) is 0.716. The van der Waals surface area contributed by atoms with Gasteiger partial charge >= 0.3 is 5.63 Å². The molecular formula is C14H11NO3. The molecule has 0 unspecified atom stereocenters. The van der Waals surface area contributed by atoms with Gasteiger partial charge in [-0.15, -0.1) is 0 Å². The lowest BCUT2D eigenvalue weighted by Crippen LogP contribution is -1.99. The van der Waals surface area contributed by atoms with Gasteiger partial charge in [0.1, 0.15) is 5.58 Å². The number of hydrogen-bond donors (Lipinski definition) is 1. The van der Waals surface area contributed by atoms with Crippen molar-refractivity contribution < 1.29 is 8.83 Å². The first-order chi connectivity index (χ1) is 8.81. The predicted molar refractivity (Wildman–Crippen MR) is 68.5 cm³/mol. The van der Waals surface area contributed by atoms with Crippen molar-refractivity contribution in [2.45, 2.75) is 6.54 Å². The van der Waals surface area contributed by atoms with Crippen molar-refractivity contribution in [1.29, 1.82) is 0 Å². The average Bonchev–Trinajstić information content (AvgIpc) is 2.89. The minimum absolute atomic E-state index is 0.338. The van der Waals surface area contributed by atoms with Gasteiger partial charge in [0.25, 0.3) is 0 Å². The molecule has 4 nitrogen and oxygen atoms in total. The predicted octanol–water partition coefficient (Wildman–Crippen LogP) is 3.00. The SMILES string of the molecule is O=c1ccc2ccc(NCc3ccoc3)cc2o1. The zero-order chi connectivity index (χ0) is 12.4. The lowest BCUT2D eigenvalue weighted by Gasteiger charge is -2.05. The molecule has 0 radical (unpaired) electrons. The number of nitrogens with one attached hydrogen (secondary N) is 1. The largest absolute Gasteiger partial charge is 0.472 e. The highest BCUT2D eigenvalue weighted by Crippen LogP contribution is 2.18. The Morgan fingerprint density at radius 2 is 2.00 bits per heavy atom. The third-order valence-corrected chi connectivity index (χ3v) is 2.70. The van der Waals surface area contributed by atoms with E-state index in [1.165, 1.54) is 6.07 Å². The second-order valence-corrected chi connectivity index (χ2v) is 3.99. The van der Waals surface area contributed by atoms with Gasteiger partial charge in [0.15, 0.2) is 0 Å². The zero-order valence-electron chi connectivity index (χ0n) is 9.55. The van der Waals surface area contributed by atoms with Crippen molar-refractivity contribution in [3.63, 3.8) is 0 Å². The summed E-state index contributed by atoms with van der Waals surface area (Å²) in [6.07, 6.45) is 3.32. The fourth-order valence-corrected chi connectivity index (χ4v) is 1.77. The molecule has 2 aromatic heterocycles. The van der Waals surface area contributed by atoms with Crippen molar-refractivity contribution >= 4 is 16.7 Å². The Morgan fingerprint density at radius 1 is 1.11 bits per heavy atom. The highest BCUT2D eigenvalue weighted by Gasteiger charge is 2.00. The molecule has 2 heterocycles. The maximum absolute atomic E-state index is 11.1. The summed E-state index contributed by atoms with van der Waals surface area (Å²) in [5.41, 5.74) is 2.21. The molecule has 0 aliphatic carbocycles. The van der Waals surface area contributed by atoms with Crippen LogP contribution in [0.5, 0.6) is 0 Å². The van der Waals surface area contributed by atoms with Crippen LogP contribution >= 0.6 is 0 Å². The first-order valence-corrected chi connectivity index (χ1v) is 5.60. The van der Waals surface area contributed by atoms with Crippen LogP contribution in [-0.2, 0) is 6.54 Å². The van der Waals surface area contributed by atoms with Crippen LogP contribution in [0.4, 0.5) is 5.69 Å². The van der Waals surface area contributed by atoms with E-state index in [-0.39, 0.29) is 5.63 Å². The average molecular weight is 241 g/mol. The number of fused-ring (bicyclic) bond motifs is 1. The molecule has 0 fully saturated rings. The second kappa shape index (κ2) is 4.41. The van der Waals surface area contributed by atoms with Gasteiger partial charge in [-0.25, -0.2) is 4.79 Å². The smallest absolute Gasteiger partial charge is 0.336 e. The van der Waals surface area contributed by atoms with E-state index in [4.69, 9.17) is 8.83 Å². The normalized spacial score (nSPS) is 10.7. The van der Waals surface area contributed by atoms with Gasteiger partial charge in [-0.3, -0.25) is 0 Å². The molecule has 0 aliphatic heterocycles. The van der Waals surface area contributed by atoms with Gasteiger partial charge in [-0.1, -0.05) is 0 Å². The van der Waals surface area contributed by atoms with Crippen LogP contribution in [0.2, 0.25) is 0 Å². The first-order valence-electron chi connectivity index (χ1n) is 5.60. The third-order valence-electron chi connectivity index (χ3n) is 2.70. The Morgan fingerprint density at radius 3 is 2.83 bits per heavy atom. The molecule has 3 rings (SSSR count). The Kier molecular flexibility index (Phi) is 2.61. The molecule has 90 valence electrons. The van der Waals surface area contributed by atoms with Crippen LogP contribution in [0.15, 0.2) is 62.6 Å². The molecule has 1 N–H and O–H groups in total. The van der Waals surface area contributed by atoms with Crippen LogP contribution < -0.4 is 10.9 Å². The Hall–Kier alpha value is -2.49. The molecule has 0 saturated carbocycles. The van der Waals surface area contributed by atoms with E-state index in [9.17, 15) is 4.79 Å². The summed E-state index contributed by atoms with van der Waals surface area (Å²) in [5.74, 6) is 0. The number of benzene rings is 1.